The van der Waals surface area contributed by atoms with Crippen LogP contribution in [0.3, 0.4) is 0 Å². The zero-order valence-electron chi connectivity index (χ0n) is 11.3. The van der Waals surface area contributed by atoms with Crippen molar-refractivity contribution in [3.05, 3.63) is 0 Å². The summed E-state index contributed by atoms with van der Waals surface area (Å²) in [7, 11) is 0. The summed E-state index contributed by atoms with van der Waals surface area (Å²) in [5, 5.41) is 0. The second-order valence-electron chi connectivity index (χ2n) is 5.17. The van der Waals surface area contributed by atoms with Crippen LogP contribution in [0.1, 0.15) is 26.2 Å². The van der Waals surface area contributed by atoms with Crippen LogP contribution in [0.15, 0.2) is 0 Å². The van der Waals surface area contributed by atoms with Gasteiger partial charge in [0.15, 0.2) is 0 Å². The summed E-state index contributed by atoms with van der Waals surface area (Å²) in [6.07, 6.45) is 3.02. The second-order valence-corrected chi connectivity index (χ2v) is 5.17. The SMILES string of the molecule is CCN1CCO[C@H](C(=O)N2CCCC[C@@H]2CN)C1. The summed E-state index contributed by atoms with van der Waals surface area (Å²) in [5.74, 6) is 0.142. The molecule has 0 radical (unpaired) electrons. The highest BCUT2D eigenvalue weighted by molar-refractivity contribution is 5.81. The van der Waals surface area contributed by atoms with Gasteiger partial charge in [-0.3, -0.25) is 9.69 Å². The summed E-state index contributed by atoms with van der Waals surface area (Å²) in [5.41, 5.74) is 5.77. The summed E-state index contributed by atoms with van der Waals surface area (Å²) < 4.78 is 5.64. The molecule has 2 aliphatic heterocycles. The van der Waals surface area contributed by atoms with E-state index in [1.54, 1.807) is 0 Å². The number of morpholine rings is 1. The molecule has 0 saturated carbocycles. The lowest BCUT2D eigenvalue weighted by Crippen LogP contribution is -2.55. The number of amides is 1. The second kappa shape index (κ2) is 6.50. The molecule has 0 unspecified atom stereocenters. The van der Waals surface area contributed by atoms with Crippen molar-refractivity contribution in [2.45, 2.75) is 38.3 Å². The van der Waals surface area contributed by atoms with Gasteiger partial charge in [-0.15, -0.1) is 0 Å². The Labute approximate surface area is 109 Å². The zero-order valence-corrected chi connectivity index (χ0v) is 11.3. The van der Waals surface area contributed by atoms with Crippen LogP contribution in [0, 0.1) is 0 Å². The normalized spacial score (nSPS) is 30.4. The number of rotatable bonds is 3. The molecule has 0 spiro atoms. The molecule has 0 aromatic rings. The van der Waals surface area contributed by atoms with Crippen molar-refractivity contribution in [3.8, 4) is 0 Å². The first-order chi connectivity index (χ1) is 8.76. The van der Waals surface area contributed by atoms with Crippen LogP contribution in [0.25, 0.3) is 0 Å². The van der Waals surface area contributed by atoms with Gasteiger partial charge in [-0.05, 0) is 25.8 Å². The topological polar surface area (TPSA) is 58.8 Å². The van der Waals surface area contributed by atoms with E-state index in [9.17, 15) is 4.79 Å². The van der Waals surface area contributed by atoms with E-state index in [4.69, 9.17) is 10.5 Å². The first-order valence-electron chi connectivity index (χ1n) is 7.10. The van der Waals surface area contributed by atoms with Crippen molar-refractivity contribution in [1.29, 1.82) is 0 Å². The number of carbonyl (C=O) groups is 1. The maximum Gasteiger partial charge on any atom is 0.253 e. The van der Waals surface area contributed by atoms with Crippen LogP contribution >= 0.6 is 0 Å². The fourth-order valence-corrected chi connectivity index (χ4v) is 2.86. The maximum absolute atomic E-state index is 12.5. The van der Waals surface area contributed by atoms with E-state index >= 15 is 0 Å². The van der Waals surface area contributed by atoms with Gasteiger partial charge in [-0.1, -0.05) is 6.92 Å². The number of hydrogen-bond acceptors (Lipinski definition) is 4. The smallest absolute Gasteiger partial charge is 0.253 e. The van der Waals surface area contributed by atoms with Crippen LogP contribution in [0.4, 0.5) is 0 Å². The van der Waals surface area contributed by atoms with Gasteiger partial charge in [0.05, 0.1) is 6.61 Å². The molecular weight excluding hydrogens is 230 g/mol. The molecule has 0 aromatic heterocycles. The molecule has 2 rings (SSSR count). The third-order valence-electron chi connectivity index (χ3n) is 4.06. The average molecular weight is 255 g/mol. The first-order valence-corrected chi connectivity index (χ1v) is 7.10. The standard InChI is InChI=1S/C13H25N3O2/c1-2-15-7-8-18-12(10-15)13(17)16-6-4-3-5-11(16)9-14/h11-12H,2-10,14H2,1H3/t11-,12+/m1/s1. The number of hydrogen-bond donors (Lipinski definition) is 1. The van der Waals surface area contributed by atoms with Gasteiger partial charge in [0, 0.05) is 32.2 Å². The van der Waals surface area contributed by atoms with Crippen LogP contribution < -0.4 is 5.73 Å². The summed E-state index contributed by atoms with van der Waals surface area (Å²) in [4.78, 5) is 16.7. The Balaban J connectivity index is 1.96. The van der Waals surface area contributed by atoms with Crippen LogP contribution in [-0.4, -0.2) is 67.2 Å². The lowest BCUT2D eigenvalue weighted by molar-refractivity contribution is -0.152. The Bertz CT molecular complexity index is 285. The number of likely N-dealkylation sites (N-methyl/N-ethyl adjacent to an activating group) is 1. The van der Waals surface area contributed by atoms with Gasteiger partial charge in [0.1, 0.15) is 6.10 Å². The van der Waals surface area contributed by atoms with Gasteiger partial charge in [0.25, 0.3) is 5.91 Å². The van der Waals surface area contributed by atoms with E-state index in [0.717, 1.165) is 39.0 Å². The van der Waals surface area contributed by atoms with Crippen LogP contribution in [0.2, 0.25) is 0 Å². The highest BCUT2D eigenvalue weighted by Crippen LogP contribution is 2.19. The highest BCUT2D eigenvalue weighted by Gasteiger charge is 2.33. The maximum atomic E-state index is 12.5. The van der Waals surface area contributed by atoms with Crippen molar-refractivity contribution < 1.29 is 9.53 Å². The van der Waals surface area contributed by atoms with Gasteiger partial charge in [0.2, 0.25) is 0 Å². The van der Waals surface area contributed by atoms with Crippen molar-refractivity contribution >= 4 is 5.91 Å². The molecule has 2 fully saturated rings. The van der Waals surface area contributed by atoms with E-state index in [0.29, 0.717) is 13.2 Å². The monoisotopic (exact) mass is 255 g/mol. The molecule has 0 aliphatic carbocycles. The quantitative estimate of drug-likeness (QED) is 0.774. The Morgan fingerprint density at radius 1 is 1.39 bits per heavy atom. The third kappa shape index (κ3) is 3.02. The minimum Gasteiger partial charge on any atom is -0.366 e. The molecule has 5 nitrogen and oxygen atoms in total. The van der Waals surface area contributed by atoms with Crippen molar-refractivity contribution in [2.75, 3.05) is 39.3 Å². The predicted molar refractivity (Wildman–Crippen MR) is 70.3 cm³/mol. The minimum absolute atomic E-state index is 0.142. The number of nitrogens with two attached hydrogens (primary N) is 1. The number of carbonyl (C=O) groups excluding carboxylic acids is 1. The lowest BCUT2D eigenvalue weighted by Gasteiger charge is -2.39. The molecule has 0 aromatic carbocycles. The summed E-state index contributed by atoms with van der Waals surface area (Å²) >= 11 is 0. The first kappa shape index (κ1) is 13.8. The van der Waals surface area contributed by atoms with Gasteiger partial charge in [-0.25, -0.2) is 0 Å². The number of piperidine rings is 1. The number of nitrogens with zero attached hydrogens (tertiary/aromatic N) is 2. The lowest BCUT2D eigenvalue weighted by atomic mass is 10.0. The van der Waals surface area contributed by atoms with Crippen LogP contribution in [0.5, 0.6) is 0 Å². The molecule has 2 atom stereocenters. The fraction of sp³-hybridized carbons (Fsp3) is 0.923. The number of ether oxygens (including phenoxy) is 1. The van der Waals surface area contributed by atoms with Gasteiger partial charge >= 0.3 is 0 Å². The Morgan fingerprint density at radius 3 is 2.94 bits per heavy atom. The largest absolute Gasteiger partial charge is 0.366 e. The van der Waals surface area contributed by atoms with E-state index < -0.39 is 0 Å². The highest BCUT2D eigenvalue weighted by atomic mass is 16.5. The van der Waals surface area contributed by atoms with Crippen molar-refractivity contribution in [1.82, 2.24) is 9.80 Å². The Hall–Kier alpha value is -0.650. The zero-order chi connectivity index (χ0) is 13.0. The number of likely N-dealkylation sites (tertiary alicyclic amines) is 1. The molecule has 18 heavy (non-hydrogen) atoms. The van der Waals surface area contributed by atoms with E-state index in [-0.39, 0.29) is 18.1 Å². The van der Waals surface area contributed by atoms with E-state index in [2.05, 4.69) is 11.8 Å². The third-order valence-corrected chi connectivity index (χ3v) is 4.06. The molecule has 104 valence electrons. The molecule has 2 N–H and O–H groups in total. The summed E-state index contributed by atoms with van der Waals surface area (Å²) in [6.45, 7) is 6.82. The van der Waals surface area contributed by atoms with Gasteiger partial charge < -0.3 is 15.4 Å². The van der Waals surface area contributed by atoms with Crippen LogP contribution in [-0.2, 0) is 9.53 Å². The van der Waals surface area contributed by atoms with Crippen molar-refractivity contribution in [3.63, 3.8) is 0 Å². The fourth-order valence-electron chi connectivity index (χ4n) is 2.86. The molecule has 2 heterocycles. The molecule has 0 bridgehead atoms. The summed E-state index contributed by atoms with van der Waals surface area (Å²) in [6, 6.07) is 0.215. The molecule has 2 aliphatic rings. The molecular formula is C13H25N3O2. The Morgan fingerprint density at radius 2 is 2.22 bits per heavy atom. The van der Waals surface area contributed by atoms with E-state index in [1.165, 1.54) is 6.42 Å². The Kier molecular flexibility index (Phi) is 4.97. The minimum atomic E-state index is -0.286. The predicted octanol–water partition coefficient (Wildman–Crippen LogP) is 0.0469. The van der Waals surface area contributed by atoms with Gasteiger partial charge in [-0.2, -0.15) is 0 Å². The average Bonchev–Trinajstić information content (AvgIpc) is 2.46. The van der Waals surface area contributed by atoms with Crippen molar-refractivity contribution in [2.24, 2.45) is 5.73 Å². The molecule has 2 saturated heterocycles. The molecule has 1 amide bonds. The molecule has 5 heteroatoms. The van der Waals surface area contributed by atoms with E-state index in [1.807, 2.05) is 4.90 Å².